The van der Waals surface area contributed by atoms with E-state index in [-0.39, 0.29) is 24.5 Å². The number of aromatic nitrogens is 4. The molecule has 1 saturated heterocycles. The number of anilines is 1. The lowest BCUT2D eigenvalue weighted by atomic mass is 10.2. The summed E-state index contributed by atoms with van der Waals surface area (Å²) in [5, 5.41) is 6.89. The highest BCUT2D eigenvalue weighted by Gasteiger charge is 2.27. The van der Waals surface area contributed by atoms with E-state index in [1.165, 1.54) is 8.99 Å². The van der Waals surface area contributed by atoms with Crippen molar-refractivity contribution >= 4 is 21.7 Å². The minimum Gasteiger partial charge on any atom is -0.354 e. The fourth-order valence-electron chi connectivity index (χ4n) is 4.10. The van der Waals surface area contributed by atoms with Crippen LogP contribution < -0.4 is 15.9 Å². The summed E-state index contributed by atoms with van der Waals surface area (Å²) in [7, 11) is -3.49. The summed E-state index contributed by atoms with van der Waals surface area (Å²) >= 11 is 0. The highest BCUT2D eigenvalue weighted by atomic mass is 32.2. The van der Waals surface area contributed by atoms with E-state index in [9.17, 15) is 18.0 Å². The lowest BCUT2D eigenvalue weighted by molar-refractivity contribution is -0.121. The average molecular weight is 464 g/mol. The lowest BCUT2D eigenvalue weighted by Gasteiger charge is -2.34. The normalized spacial score (nSPS) is 17.6. The fraction of sp³-hybridized carbons (Fsp3) is 0.600. The highest BCUT2D eigenvalue weighted by Crippen LogP contribution is 2.14. The molecule has 2 aromatic rings. The average Bonchev–Trinajstić information content (AvgIpc) is 2.95. The Morgan fingerprint density at radius 2 is 1.88 bits per heavy atom. The molecular formula is C20H29N7O4S. The van der Waals surface area contributed by atoms with Gasteiger partial charge in [-0.05, 0) is 25.0 Å². The van der Waals surface area contributed by atoms with Gasteiger partial charge in [0.25, 0.3) is 0 Å². The molecule has 2 aliphatic rings. The zero-order chi connectivity index (χ0) is 22.6. The minimum atomic E-state index is -3.49. The van der Waals surface area contributed by atoms with Crippen molar-refractivity contribution in [2.75, 3.05) is 43.4 Å². The molecule has 0 bridgehead atoms. The number of sulfonamides is 1. The monoisotopic (exact) mass is 463 g/mol. The number of hydrogen-bond donors (Lipinski definition) is 1. The van der Waals surface area contributed by atoms with E-state index in [1.54, 1.807) is 10.8 Å². The minimum absolute atomic E-state index is 0.00998. The molecular weight excluding hydrogens is 434 g/mol. The van der Waals surface area contributed by atoms with Crippen LogP contribution >= 0.6 is 0 Å². The summed E-state index contributed by atoms with van der Waals surface area (Å²) in [5.74, 6) is 0.948. The topological polar surface area (TPSA) is 122 Å². The fourth-order valence-corrected chi connectivity index (χ4v) is 5.44. The van der Waals surface area contributed by atoms with E-state index in [1.807, 2.05) is 18.2 Å². The van der Waals surface area contributed by atoms with Crippen molar-refractivity contribution < 1.29 is 13.2 Å². The number of nitrogens with one attached hydrogen (secondary N) is 1. The van der Waals surface area contributed by atoms with Crippen LogP contribution in [-0.4, -0.2) is 76.4 Å². The molecule has 1 N–H and O–H groups in total. The van der Waals surface area contributed by atoms with Crippen molar-refractivity contribution in [3.05, 3.63) is 40.7 Å². The number of carbonyl (C=O) groups excluding carboxylic acids is 1. The van der Waals surface area contributed by atoms with Gasteiger partial charge in [0.1, 0.15) is 18.2 Å². The molecule has 4 heterocycles. The molecule has 32 heavy (non-hydrogen) atoms. The van der Waals surface area contributed by atoms with Crippen LogP contribution in [-0.2, 0) is 34.3 Å². The van der Waals surface area contributed by atoms with Gasteiger partial charge in [-0.3, -0.25) is 9.36 Å². The first kappa shape index (κ1) is 22.5. The molecule has 0 aliphatic carbocycles. The van der Waals surface area contributed by atoms with Crippen LogP contribution in [0.15, 0.2) is 29.2 Å². The summed E-state index contributed by atoms with van der Waals surface area (Å²) in [6.45, 7) is 2.30. The number of fused-ring (bicyclic) bond motifs is 1. The van der Waals surface area contributed by atoms with Crippen LogP contribution in [0.25, 0.3) is 0 Å². The Balaban J connectivity index is 1.24. The number of hydrogen-bond acceptors (Lipinski definition) is 7. The first-order chi connectivity index (χ1) is 15.4. The molecule has 0 saturated carbocycles. The van der Waals surface area contributed by atoms with Gasteiger partial charge in [-0.25, -0.2) is 22.9 Å². The van der Waals surface area contributed by atoms with Gasteiger partial charge in [-0.2, -0.15) is 9.40 Å². The number of aryl methyl sites for hydroxylation is 1. The van der Waals surface area contributed by atoms with Gasteiger partial charge in [0, 0.05) is 51.9 Å². The summed E-state index contributed by atoms with van der Waals surface area (Å²) in [5.41, 5.74) is -0.282. The predicted octanol–water partition coefficient (Wildman–Crippen LogP) is -0.566. The Labute approximate surface area is 187 Å². The number of nitrogens with zero attached hydrogens (tertiary/aromatic N) is 6. The van der Waals surface area contributed by atoms with Crippen LogP contribution in [0.3, 0.4) is 0 Å². The van der Waals surface area contributed by atoms with Gasteiger partial charge >= 0.3 is 5.69 Å². The number of amides is 1. The number of pyridine rings is 1. The number of rotatable bonds is 7. The largest absolute Gasteiger partial charge is 0.354 e. The van der Waals surface area contributed by atoms with Crippen LogP contribution in [0, 0.1) is 0 Å². The van der Waals surface area contributed by atoms with Gasteiger partial charge in [-0.15, -0.1) is 0 Å². The van der Waals surface area contributed by atoms with Crippen LogP contribution in [0.2, 0.25) is 0 Å². The Bertz CT molecular complexity index is 1090. The maximum Gasteiger partial charge on any atom is 0.346 e. The van der Waals surface area contributed by atoms with E-state index in [2.05, 4.69) is 20.3 Å². The number of carbonyl (C=O) groups is 1. The first-order valence-corrected chi connectivity index (χ1v) is 12.6. The van der Waals surface area contributed by atoms with E-state index in [0.717, 1.165) is 31.5 Å². The van der Waals surface area contributed by atoms with Crippen molar-refractivity contribution in [3.63, 3.8) is 0 Å². The second-order valence-electron chi connectivity index (χ2n) is 8.06. The van der Waals surface area contributed by atoms with Crippen molar-refractivity contribution in [1.82, 2.24) is 29.0 Å². The van der Waals surface area contributed by atoms with Gasteiger partial charge < -0.3 is 10.2 Å². The van der Waals surface area contributed by atoms with Crippen molar-refractivity contribution in [3.8, 4) is 0 Å². The zero-order valence-corrected chi connectivity index (χ0v) is 18.8. The van der Waals surface area contributed by atoms with Crippen LogP contribution in [0.4, 0.5) is 5.82 Å². The molecule has 0 spiro atoms. The molecule has 4 rings (SSSR count). The molecule has 0 aromatic carbocycles. The van der Waals surface area contributed by atoms with Crippen LogP contribution in [0.5, 0.6) is 0 Å². The third-order valence-corrected chi connectivity index (χ3v) is 7.73. The van der Waals surface area contributed by atoms with Gasteiger partial charge in [0.05, 0.1) is 5.75 Å². The Morgan fingerprint density at radius 1 is 1.06 bits per heavy atom. The molecule has 12 heteroatoms. The second kappa shape index (κ2) is 9.82. The molecule has 2 aromatic heterocycles. The van der Waals surface area contributed by atoms with Crippen molar-refractivity contribution in [1.29, 1.82) is 0 Å². The SMILES string of the molecule is O=C(Cn1nc2n(c1=O)CCCCC2)NCCS(=O)(=O)N1CCN(c2ccccn2)CC1. The molecule has 174 valence electrons. The van der Waals surface area contributed by atoms with E-state index in [0.29, 0.717) is 38.5 Å². The zero-order valence-electron chi connectivity index (χ0n) is 18.0. The lowest BCUT2D eigenvalue weighted by Crippen LogP contribution is -2.50. The van der Waals surface area contributed by atoms with Crippen molar-refractivity contribution in [2.24, 2.45) is 0 Å². The van der Waals surface area contributed by atoms with E-state index >= 15 is 0 Å². The summed E-state index contributed by atoms with van der Waals surface area (Å²) in [4.78, 5) is 31.1. The Hall–Kier alpha value is -2.73. The molecule has 0 unspecified atom stereocenters. The summed E-state index contributed by atoms with van der Waals surface area (Å²) in [6, 6.07) is 5.66. The van der Waals surface area contributed by atoms with Crippen molar-refractivity contribution in [2.45, 2.75) is 38.8 Å². The molecule has 1 amide bonds. The predicted molar refractivity (Wildman–Crippen MR) is 119 cm³/mol. The number of piperazine rings is 1. The maximum absolute atomic E-state index is 12.7. The summed E-state index contributed by atoms with van der Waals surface area (Å²) in [6.07, 6.45) is 5.43. The molecule has 2 aliphatic heterocycles. The second-order valence-corrected chi connectivity index (χ2v) is 10.1. The molecule has 11 nitrogen and oxygen atoms in total. The van der Waals surface area contributed by atoms with Gasteiger partial charge in [0.15, 0.2) is 0 Å². The van der Waals surface area contributed by atoms with Gasteiger partial charge in [-0.1, -0.05) is 12.5 Å². The smallest absolute Gasteiger partial charge is 0.346 e. The Kier molecular flexibility index (Phi) is 6.89. The third-order valence-electron chi connectivity index (χ3n) is 5.86. The van der Waals surface area contributed by atoms with E-state index < -0.39 is 15.9 Å². The molecule has 0 atom stereocenters. The molecule has 0 radical (unpaired) electrons. The summed E-state index contributed by atoms with van der Waals surface area (Å²) < 4.78 is 29.6. The Morgan fingerprint density at radius 3 is 2.62 bits per heavy atom. The van der Waals surface area contributed by atoms with Gasteiger partial charge in [0.2, 0.25) is 15.9 Å². The maximum atomic E-state index is 12.7. The first-order valence-electron chi connectivity index (χ1n) is 11.0. The third kappa shape index (κ3) is 5.18. The van der Waals surface area contributed by atoms with E-state index in [4.69, 9.17) is 0 Å². The van der Waals surface area contributed by atoms with Crippen LogP contribution in [0.1, 0.15) is 25.1 Å². The molecule has 1 fully saturated rings. The standard InChI is InChI=1S/C20H29N7O4S/c28-19(16-27-20(29)26-10-5-1-2-7-18(26)23-27)22-9-15-32(30,31)25-13-11-24(12-14-25)17-6-3-4-8-21-17/h3-4,6,8H,1-2,5,7,9-16H2,(H,22,28). The highest BCUT2D eigenvalue weighted by molar-refractivity contribution is 7.89. The quantitative estimate of drug-likeness (QED) is 0.584.